The third kappa shape index (κ3) is 4.83. The molecule has 2 amide bonds. The van der Waals surface area contributed by atoms with Crippen LogP contribution in [-0.2, 0) is 4.74 Å². The molecule has 2 N–H and O–H groups in total. The highest BCUT2D eigenvalue weighted by atomic mass is 16.5. The van der Waals surface area contributed by atoms with Gasteiger partial charge in [-0.1, -0.05) is 6.07 Å². The van der Waals surface area contributed by atoms with E-state index in [-0.39, 0.29) is 11.8 Å². The number of carbonyl (C=O) groups is 2. The van der Waals surface area contributed by atoms with Gasteiger partial charge < -0.3 is 15.4 Å². The minimum Gasteiger partial charge on any atom is -0.379 e. The van der Waals surface area contributed by atoms with Gasteiger partial charge in [0.05, 0.1) is 13.2 Å². The van der Waals surface area contributed by atoms with E-state index in [1.165, 1.54) is 38.5 Å². The van der Waals surface area contributed by atoms with Crippen molar-refractivity contribution in [2.45, 2.75) is 44.9 Å². The maximum Gasteiger partial charge on any atom is 0.271 e. The molecular formula is C27H37N5O3. The van der Waals surface area contributed by atoms with E-state index in [0.717, 1.165) is 63.6 Å². The highest BCUT2D eigenvalue weighted by Crippen LogP contribution is 2.59. The fourth-order valence-electron chi connectivity index (χ4n) is 7.59. The Morgan fingerprint density at radius 3 is 2.43 bits per heavy atom. The first-order chi connectivity index (χ1) is 17.1. The Kier molecular flexibility index (Phi) is 6.26. The number of morpholine rings is 1. The van der Waals surface area contributed by atoms with Gasteiger partial charge in [-0.25, -0.2) is 4.98 Å². The monoisotopic (exact) mass is 479 g/mol. The van der Waals surface area contributed by atoms with Gasteiger partial charge in [0.25, 0.3) is 11.8 Å². The molecule has 2 aromatic heterocycles. The molecule has 5 fully saturated rings. The molecule has 188 valence electrons. The van der Waals surface area contributed by atoms with Crippen LogP contribution in [0.3, 0.4) is 0 Å². The molecule has 0 unspecified atom stereocenters. The zero-order valence-corrected chi connectivity index (χ0v) is 20.5. The third-order valence-electron chi connectivity index (χ3n) is 8.79. The number of carbonyl (C=O) groups excluding carboxylic acids is 2. The molecule has 4 aliphatic carbocycles. The molecule has 8 heteroatoms. The predicted octanol–water partition coefficient (Wildman–Crippen LogP) is 2.73. The summed E-state index contributed by atoms with van der Waals surface area (Å²) in [5.74, 6) is 2.32. The van der Waals surface area contributed by atoms with Crippen LogP contribution in [-0.4, -0.2) is 72.0 Å². The first-order valence-electron chi connectivity index (χ1n) is 13.4. The maximum atomic E-state index is 13.2. The minimum absolute atomic E-state index is 0.0822. The summed E-state index contributed by atoms with van der Waals surface area (Å²) in [5.41, 5.74) is 1.79. The number of rotatable bonds is 8. The van der Waals surface area contributed by atoms with Crippen molar-refractivity contribution in [3.8, 4) is 0 Å². The SMILES string of the molecule is O=C(NCCCN1CCOCC1)c1cn2c(C(=O)NCC34CC5CC(CC(C5)C3)C4)cccc2n1. The second-order valence-corrected chi connectivity index (χ2v) is 11.4. The average Bonchev–Trinajstić information content (AvgIpc) is 3.30. The molecule has 2 aromatic rings. The summed E-state index contributed by atoms with van der Waals surface area (Å²) in [6, 6.07) is 5.49. The normalized spacial score (nSPS) is 30.0. The molecule has 1 saturated heterocycles. The van der Waals surface area contributed by atoms with Crippen molar-refractivity contribution in [3.05, 3.63) is 35.8 Å². The molecule has 4 saturated carbocycles. The molecule has 35 heavy (non-hydrogen) atoms. The second-order valence-electron chi connectivity index (χ2n) is 11.4. The highest BCUT2D eigenvalue weighted by molar-refractivity contribution is 5.95. The van der Waals surface area contributed by atoms with Crippen LogP contribution in [0.1, 0.15) is 65.9 Å². The first-order valence-corrected chi connectivity index (χ1v) is 13.4. The van der Waals surface area contributed by atoms with Gasteiger partial charge in [-0.2, -0.15) is 0 Å². The van der Waals surface area contributed by atoms with Gasteiger partial charge in [-0.3, -0.25) is 18.9 Å². The summed E-state index contributed by atoms with van der Waals surface area (Å²) in [4.78, 5) is 32.8. The van der Waals surface area contributed by atoms with E-state index >= 15 is 0 Å². The molecule has 3 heterocycles. The quantitative estimate of drug-likeness (QED) is 0.569. The van der Waals surface area contributed by atoms with E-state index < -0.39 is 0 Å². The number of fused-ring (bicyclic) bond motifs is 1. The van der Waals surface area contributed by atoms with Gasteiger partial charge >= 0.3 is 0 Å². The standard InChI is InChI=1S/C27H37N5O3/c33-25(28-5-2-6-31-7-9-35-10-8-31)22-17-32-23(3-1-4-24(32)30-22)26(34)29-18-27-14-19-11-20(15-27)13-21(12-19)16-27/h1,3-4,17,19-21H,2,5-16,18H2,(H,28,33)(H,29,34). The number of aromatic nitrogens is 2. The number of nitrogens with one attached hydrogen (secondary N) is 2. The van der Waals surface area contributed by atoms with Crippen LogP contribution >= 0.6 is 0 Å². The summed E-state index contributed by atoms with van der Waals surface area (Å²) >= 11 is 0. The topological polar surface area (TPSA) is 88.0 Å². The summed E-state index contributed by atoms with van der Waals surface area (Å²) in [6.45, 7) is 5.78. The number of ether oxygens (including phenoxy) is 1. The molecule has 1 aliphatic heterocycles. The van der Waals surface area contributed by atoms with E-state index in [2.05, 4.69) is 20.5 Å². The van der Waals surface area contributed by atoms with Gasteiger partial charge in [0.1, 0.15) is 17.0 Å². The summed E-state index contributed by atoms with van der Waals surface area (Å²) in [5, 5.41) is 6.23. The van der Waals surface area contributed by atoms with Crippen molar-refractivity contribution in [1.82, 2.24) is 24.9 Å². The van der Waals surface area contributed by atoms with E-state index in [9.17, 15) is 9.59 Å². The summed E-state index contributed by atoms with van der Waals surface area (Å²) < 4.78 is 7.12. The third-order valence-corrected chi connectivity index (χ3v) is 8.79. The van der Waals surface area contributed by atoms with Gasteiger partial charge in [-0.05, 0) is 86.8 Å². The Morgan fingerprint density at radius 2 is 1.71 bits per heavy atom. The van der Waals surface area contributed by atoms with Crippen molar-refractivity contribution in [2.24, 2.45) is 23.2 Å². The van der Waals surface area contributed by atoms with Crippen molar-refractivity contribution >= 4 is 17.5 Å². The summed E-state index contributed by atoms with van der Waals surface area (Å²) in [7, 11) is 0. The number of hydrogen-bond acceptors (Lipinski definition) is 5. The second kappa shape index (κ2) is 9.54. The van der Waals surface area contributed by atoms with Gasteiger partial charge in [0.15, 0.2) is 0 Å². The molecule has 8 nitrogen and oxygen atoms in total. The van der Waals surface area contributed by atoms with Crippen molar-refractivity contribution in [1.29, 1.82) is 0 Å². The average molecular weight is 480 g/mol. The lowest BCUT2D eigenvalue weighted by molar-refractivity contribution is -0.0503. The van der Waals surface area contributed by atoms with Crippen molar-refractivity contribution < 1.29 is 14.3 Å². The number of amides is 2. The number of hydrogen-bond donors (Lipinski definition) is 2. The van der Waals surface area contributed by atoms with Crippen LogP contribution in [0.15, 0.2) is 24.4 Å². The lowest BCUT2D eigenvalue weighted by atomic mass is 9.49. The van der Waals surface area contributed by atoms with E-state index in [1.54, 1.807) is 10.6 Å². The summed E-state index contributed by atoms with van der Waals surface area (Å²) in [6.07, 6.45) is 10.6. The van der Waals surface area contributed by atoms with Crippen LogP contribution in [0.5, 0.6) is 0 Å². The zero-order valence-electron chi connectivity index (χ0n) is 20.5. The maximum absolute atomic E-state index is 13.2. The molecule has 0 radical (unpaired) electrons. The minimum atomic E-state index is -0.199. The number of nitrogens with zero attached hydrogens (tertiary/aromatic N) is 3. The van der Waals surface area contributed by atoms with Crippen LogP contribution in [0.25, 0.3) is 5.65 Å². The van der Waals surface area contributed by atoms with Crippen molar-refractivity contribution in [2.75, 3.05) is 45.9 Å². The molecule has 0 atom stereocenters. The molecule has 5 aliphatic rings. The lowest BCUT2D eigenvalue weighted by Gasteiger charge is -2.56. The van der Waals surface area contributed by atoms with E-state index in [1.807, 2.05) is 18.2 Å². The van der Waals surface area contributed by atoms with Gasteiger partial charge in [0.2, 0.25) is 0 Å². The zero-order chi connectivity index (χ0) is 23.8. The highest BCUT2D eigenvalue weighted by Gasteiger charge is 2.50. The fourth-order valence-corrected chi connectivity index (χ4v) is 7.59. The molecule has 7 rings (SSSR count). The van der Waals surface area contributed by atoms with E-state index in [0.29, 0.717) is 29.0 Å². The Labute approximate surface area is 206 Å². The Morgan fingerprint density at radius 1 is 1.00 bits per heavy atom. The molecular weight excluding hydrogens is 442 g/mol. The van der Waals surface area contributed by atoms with Crippen molar-refractivity contribution in [3.63, 3.8) is 0 Å². The molecule has 4 bridgehead atoms. The van der Waals surface area contributed by atoms with Crippen LogP contribution in [0, 0.1) is 23.2 Å². The predicted molar refractivity (Wildman–Crippen MR) is 132 cm³/mol. The van der Waals surface area contributed by atoms with Crippen LogP contribution in [0.4, 0.5) is 0 Å². The number of imidazole rings is 1. The Balaban J connectivity index is 1.06. The Hall–Kier alpha value is -2.45. The largest absolute Gasteiger partial charge is 0.379 e. The fraction of sp³-hybridized carbons (Fsp3) is 0.667. The first kappa shape index (κ1) is 23.0. The lowest BCUT2D eigenvalue weighted by Crippen LogP contribution is -2.51. The Bertz CT molecular complexity index is 1050. The van der Waals surface area contributed by atoms with Crippen LogP contribution < -0.4 is 10.6 Å². The van der Waals surface area contributed by atoms with Gasteiger partial charge in [0, 0.05) is 32.4 Å². The molecule has 0 spiro atoms. The van der Waals surface area contributed by atoms with Crippen LogP contribution in [0.2, 0.25) is 0 Å². The van der Waals surface area contributed by atoms with Gasteiger partial charge in [-0.15, -0.1) is 0 Å². The molecule has 0 aromatic carbocycles. The smallest absolute Gasteiger partial charge is 0.271 e. The number of pyridine rings is 1. The van der Waals surface area contributed by atoms with E-state index in [4.69, 9.17) is 4.74 Å².